The number of alkyl halides is 1. The molecular weight excluding hydrogens is 304 g/mol. The monoisotopic (exact) mass is 324 g/mol. The molecule has 2 rings (SSSR count). The van der Waals surface area contributed by atoms with Crippen LogP contribution < -0.4 is 4.90 Å². The van der Waals surface area contributed by atoms with Gasteiger partial charge in [0, 0.05) is 31.2 Å². The van der Waals surface area contributed by atoms with Crippen molar-refractivity contribution in [2.75, 3.05) is 16.8 Å². The second-order valence-corrected chi connectivity index (χ2v) is 5.50. The summed E-state index contributed by atoms with van der Waals surface area (Å²) >= 11 is 3.55. The van der Waals surface area contributed by atoms with Gasteiger partial charge in [-0.1, -0.05) is 29.8 Å². The van der Waals surface area contributed by atoms with Crippen LogP contribution in [0.5, 0.6) is 0 Å². The highest BCUT2D eigenvalue weighted by Gasteiger charge is 2.20. The van der Waals surface area contributed by atoms with Crippen LogP contribution in [-0.2, 0) is 7.05 Å². The summed E-state index contributed by atoms with van der Waals surface area (Å²) in [5, 5.41) is 0.939. The Bertz CT molecular complexity index is 533. The van der Waals surface area contributed by atoms with Crippen molar-refractivity contribution in [3.8, 4) is 0 Å². The number of hydrogen-bond acceptors (Lipinski definition) is 3. The molecule has 2 aromatic heterocycles. The van der Waals surface area contributed by atoms with Gasteiger partial charge in [0.15, 0.2) is 5.82 Å². The van der Waals surface area contributed by atoms with Crippen LogP contribution in [0.3, 0.4) is 0 Å². The molecule has 104 valence electrons. The van der Waals surface area contributed by atoms with Crippen LogP contribution in [0.15, 0.2) is 18.6 Å². The molecule has 0 aliphatic rings. The summed E-state index contributed by atoms with van der Waals surface area (Å²) in [6.07, 6.45) is 5.97. The van der Waals surface area contributed by atoms with E-state index in [1.54, 1.807) is 0 Å². The summed E-state index contributed by atoms with van der Waals surface area (Å²) in [5.74, 6) is 1.01. The van der Waals surface area contributed by atoms with E-state index in [0.29, 0.717) is 6.04 Å². The number of imidazole rings is 1. The predicted octanol–water partition coefficient (Wildman–Crippen LogP) is 3.36. The van der Waals surface area contributed by atoms with Crippen LogP contribution in [0.25, 0.3) is 11.0 Å². The molecule has 0 spiro atoms. The van der Waals surface area contributed by atoms with E-state index in [4.69, 9.17) is 0 Å². The minimum atomic E-state index is 0.512. The molecule has 0 aliphatic heterocycles. The molecule has 5 heteroatoms. The van der Waals surface area contributed by atoms with Crippen LogP contribution in [0.4, 0.5) is 5.82 Å². The third-order valence-electron chi connectivity index (χ3n) is 3.60. The first-order valence-electron chi connectivity index (χ1n) is 6.81. The fraction of sp³-hybridized carbons (Fsp3) is 0.571. The average molecular weight is 325 g/mol. The smallest absolute Gasteiger partial charge is 0.157 e. The van der Waals surface area contributed by atoms with E-state index in [9.17, 15) is 0 Å². The number of halogens is 1. The molecule has 19 heavy (non-hydrogen) atoms. The van der Waals surface area contributed by atoms with Crippen molar-refractivity contribution in [1.82, 2.24) is 14.5 Å². The van der Waals surface area contributed by atoms with E-state index in [1.807, 2.05) is 30.2 Å². The predicted molar refractivity (Wildman–Crippen MR) is 84.0 cm³/mol. The number of hydrogen-bond donors (Lipinski definition) is 0. The summed E-state index contributed by atoms with van der Waals surface area (Å²) < 4.78 is 2.04. The van der Waals surface area contributed by atoms with Gasteiger partial charge in [0.1, 0.15) is 5.52 Å². The molecule has 0 saturated heterocycles. The fourth-order valence-corrected chi connectivity index (χ4v) is 2.92. The second-order valence-electron chi connectivity index (χ2n) is 4.71. The van der Waals surface area contributed by atoms with Crippen LogP contribution in [0.1, 0.15) is 26.7 Å². The molecule has 4 nitrogen and oxygen atoms in total. The lowest BCUT2D eigenvalue weighted by molar-refractivity contribution is 0.565. The molecular formula is C14H21BrN4. The highest BCUT2D eigenvalue weighted by molar-refractivity contribution is 9.09. The first kappa shape index (κ1) is 14.3. The first-order valence-corrected chi connectivity index (χ1v) is 7.93. The molecule has 2 aromatic rings. The fourth-order valence-electron chi connectivity index (χ4n) is 2.54. The Balaban J connectivity index is 2.49. The van der Waals surface area contributed by atoms with Crippen LogP contribution in [-0.4, -0.2) is 32.5 Å². The summed E-state index contributed by atoms with van der Waals surface area (Å²) in [6.45, 7) is 5.41. The lowest BCUT2D eigenvalue weighted by Gasteiger charge is -2.31. The summed E-state index contributed by atoms with van der Waals surface area (Å²) in [7, 11) is 2.02. The largest absolute Gasteiger partial charge is 0.351 e. The summed E-state index contributed by atoms with van der Waals surface area (Å²) in [6, 6.07) is 2.53. The van der Waals surface area contributed by atoms with Gasteiger partial charge in [0.05, 0.1) is 11.8 Å². The molecule has 0 aliphatic carbocycles. The quantitative estimate of drug-likeness (QED) is 0.764. The Hall–Kier alpha value is -1.10. The van der Waals surface area contributed by atoms with Gasteiger partial charge in [-0.15, -0.1) is 0 Å². The summed E-state index contributed by atoms with van der Waals surface area (Å²) in [4.78, 5) is 11.5. The third-order valence-corrected chi connectivity index (χ3v) is 3.96. The van der Waals surface area contributed by atoms with Gasteiger partial charge in [-0.3, -0.25) is 0 Å². The molecule has 0 aromatic carbocycles. The summed E-state index contributed by atoms with van der Waals surface area (Å²) in [5.41, 5.74) is 2.13. The van der Waals surface area contributed by atoms with Gasteiger partial charge >= 0.3 is 0 Å². The van der Waals surface area contributed by atoms with Crippen LogP contribution >= 0.6 is 15.9 Å². The number of aryl methyl sites for hydroxylation is 1. The van der Waals surface area contributed by atoms with Crippen molar-refractivity contribution in [2.24, 2.45) is 7.05 Å². The van der Waals surface area contributed by atoms with Gasteiger partial charge in [-0.05, 0) is 18.9 Å². The number of anilines is 1. The van der Waals surface area contributed by atoms with E-state index < -0.39 is 0 Å². The van der Waals surface area contributed by atoms with Crippen LogP contribution in [0, 0.1) is 0 Å². The lowest BCUT2D eigenvalue weighted by atomic mass is 10.1. The number of nitrogens with zero attached hydrogens (tertiary/aromatic N) is 4. The molecule has 0 bridgehead atoms. The Kier molecular flexibility index (Phi) is 4.80. The van der Waals surface area contributed by atoms with E-state index in [1.165, 1.54) is 0 Å². The van der Waals surface area contributed by atoms with Crippen molar-refractivity contribution in [3.05, 3.63) is 18.6 Å². The molecule has 0 radical (unpaired) electrons. The molecule has 0 atom stereocenters. The van der Waals surface area contributed by atoms with Crippen molar-refractivity contribution in [1.29, 1.82) is 0 Å². The van der Waals surface area contributed by atoms with Crippen molar-refractivity contribution in [3.63, 3.8) is 0 Å². The molecule has 0 unspecified atom stereocenters. The van der Waals surface area contributed by atoms with Gasteiger partial charge < -0.3 is 9.47 Å². The maximum Gasteiger partial charge on any atom is 0.157 e. The Morgan fingerprint density at radius 3 is 2.68 bits per heavy atom. The zero-order valence-electron chi connectivity index (χ0n) is 11.8. The van der Waals surface area contributed by atoms with E-state index >= 15 is 0 Å². The van der Waals surface area contributed by atoms with Crippen LogP contribution in [0.2, 0.25) is 0 Å². The highest BCUT2D eigenvalue weighted by Crippen LogP contribution is 2.26. The molecule has 0 saturated carbocycles. The second kappa shape index (κ2) is 6.37. The van der Waals surface area contributed by atoms with Gasteiger partial charge in [0.2, 0.25) is 0 Å². The van der Waals surface area contributed by atoms with E-state index in [2.05, 4.69) is 44.6 Å². The van der Waals surface area contributed by atoms with Gasteiger partial charge in [-0.2, -0.15) is 0 Å². The number of aromatic nitrogens is 3. The number of pyridine rings is 1. The minimum Gasteiger partial charge on any atom is -0.351 e. The molecule has 0 N–H and O–H groups in total. The van der Waals surface area contributed by atoms with Crippen molar-refractivity contribution >= 4 is 32.8 Å². The standard InChI is InChI=1S/C14H21BrN4/c1-4-11(5-2)19(9-7-15)14-13-12(6-8-16-14)18(3)10-17-13/h6,8,10-11H,4-5,7,9H2,1-3H3. The average Bonchev–Trinajstić information content (AvgIpc) is 2.81. The van der Waals surface area contributed by atoms with Gasteiger partial charge in [-0.25, -0.2) is 9.97 Å². The molecule has 0 amide bonds. The van der Waals surface area contributed by atoms with E-state index in [0.717, 1.165) is 41.6 Å². The maximum absolute atomic E-state index is 4.59. The maximum atomic E-state index is 4.59. The normalized spacial score (nSPS) is 11.4. The first-order chi connectivity index (χ1) is 9.22. The van der Waals surface area contributed by atoms with Crippen molar-refractivity contribution in [2.45, 2.75) is 32.7 Å². The Morgan fingerprint density at radius 1 is 1.32 bits per heavy atom. The zero-order valence-corrected chi connectivity index (χ0v) is 13.4. The van der Waals surface area contributed by atoms with Crippen molar-refractivity contribution < 1.29 is 0 Å². The molecule has 0 fully saturated rings. The molecule has 2 heterocycles. The SMILES string of the molecule is CCC(CC)N(CCBr)c1nccc2c1ncn2C. The Morgan fingerprint density at radius 2 is 2.05 bits per heavy atom. The third kappa shape index (κ3) is 2.76. The minimum absolute atomic E-state index is 0.512. The number of fused-ring (bicyclic) bond motifs is 1. The topological polar surface area (TPSA) is 34.0 Å². The highest BCUT2D eigenvalue weighted by atomic mass is 79.9. The van der Waals surface area contributed by atoms with E-state index in [-0.39, 0.29) is 0 Å². The lowest BCUT2D eigenvalue weighted by Crippen LogP contribution is -2.36. The van der Waals surface area contributed by atoms with Gasteiger partial charge in [0.25, 0.3) is 0 Å². The Labute approximate surface area is 123 Å². The zero-order chi connectivity index (χ0) is 13.8. The number of rotatable bonds is 6.